The van der Waals surface area contributed by atoms with Gasteiger partial charge in [0.1, 0.15) is 5.60 Å². The molecule has 2 nitrogen and oxygen atoms in total. The van der Waals surface area contributed by atoms with E-state index in [1.165, 1.54) is 0 Å². The van der Waals surface area contributed by atoms with E-state index < -0.39 is 5.60 Å². The molecule has 0 aliphatic rings. The second-order valence-corrected chi connectivity index (χ2v) is 2.96. The largest absolute Gasteiger partial charge is 0.393 e. The van der Waals surface area contributed by atoms with E-state index in [0.29, 0.717) is 5.56 Å². The summed E-state index contributed by atoms with van der Waals surface area (Å²) in [6.45, 7) is -0.361. The first-order valence-electron chi connectivity index (χ1n) is 3.67. The Labute approximate surface area is 76.4 Å². The molecular weight excluding hydrogens is 176 g/mol. The van der Waals surface area contributed by atoms with Gasteiger partial charge >= 0.3 is 0 Å². The maximum atomic E-state index is 9.72. The van der Waals surface area contributed by atoms with Crippen LogP contribution in [0.1, 0.15) is 5.56 Å². The Balaban J connectivity index is 2.95. The molecule has 0 spiro atoms. The summed E-state index contributed by atoms with van der Waals surface area (Å²) < 4.78 is 0. The predicted molar refractivity (Wildman–Crippen MR) is 48.1 cm³/mol. The van der Waals surface area contributed by atoms with E-state index in [1.807, 2.05) is 6.07 Å². The van der Waals surface area contributed by atoms with Crippen molar-refractivity contribution < 1.29 is 10.2 Å². The Hall–Kier alpha value is -0.570. The molecule has 66 valence electrons. The average molecular weight is 187 g/mol. The predicted octanol–water partition coefficient (Wildman–Crippen LogP) is 1.11. The van der Waals surface area contributed by atoms with Crippen LogP contribution in [-0.2, 0) is 5.60 Å². The quantitative estimate of drug-likeness (QED) is 0.695. The summed E-state index contributed by atoms with van der Waals surface area (Å²) in [6.07, 6.45) is 0. The third-order valence-corrected chi connectivity index (χ3v) is 2.24. The maximum Gasteiger partial charge on any atom is 0.126 e. The van der Waals surface area contributed by atoms with Gasteiger partial charge in [-0.15, -0.1) is 11.6 Å². The van der Waals surface area contributed by atoms with Gasteiger partial charge in [-0.05, 0) is 5.56 Å². The van der Waals surface area contributed by atoms with E-state index >= 15 is 0 Å². The number of hydrogen-bond donors (Lipinski definition) is 2. The highest BCUT2D eigenvalue weighted by atomic mass is 35.5. The highest BCUT2D eigenvalue weighted by Crippen LogP contribution is 2.21. The van der Waals surface area contributed by atoms with E-state index in [1.54, 1.807) is 24.3 Å². The molecule has 0 aromatic heterocycles. The second-order valence-electron chi connectivity index (χ2n) is 2.69. The average Bonchev–Trinajstić information content (AvgIpc) is 2.18. The first-order valence-corrected chi connectivity index (χ1v) is 4.21. The third-order valence-electron chi connectivity index (χ3n) is 1.79. The lowest BCUT2D eigenvalue weighted by Crippen LogP contribution is -2.32. The second kappa shape index (κ2) is 3.90. The summed E-state index contributed by atoms with van der Waals surface area (Å²) in [5, 5.41) is 18.6. The van der Waals surface area contributed by atoms with Gasteiger partial charge in [-0.2, -0.15) is 0 Å². The number of alkyl halides is 1. The number of hydrogen-bond acceptors (Lipinski definition) is 2. The molecule has 0 fully saturated rings. The molecule has 0 radical (unpaired) electrons. The van der Waals surface area contributed by atoms with Crippen molar-refractivity contribution in [3.8, 4) is 0 Å². The van der Waals surface area contributed by atoms with Crippen molar-refractivity contribution in [2.75, 3.05) is 12.5 Å². The normalized spacial score (nSPS) is 15.6. The molecule has 0 amide bonds. The van der Waals surface area contributed by atoms with Gasteiger partial charge in [0.25, 0.3) is 0 Å². The molecule has 0 bridgehead atoms. The fourth-order valence-electron chi connectivity index (χ4n) is 0.959. The van der Waals surface area contributed by atoms with E-state index in [4.69, 9.17) is 16.7 Å². The molecule has 1 atom stereocenters. The van der Waals surface area contributed by atoms with Crippen molar-refractivity contribution in [3.05, 3.63) is 35.9 Å². The molecule has 12 heavy (non-hydrogen) atoms. The minimum Gasteiger partial charge on any atom is -0.393 e. The Morgan fingerprint density at radius 3 is 2.25 bits per heavy atom. The minimum absolute atomic E-state index is 0.00644. The summed E-state index contributed by atoms with van der Waals surface area (Å²) >= 11 is 5.53. The lowest BCUT2D eigenvalue weighted by molar-refractivity contribution is 0.000940. The van der Waals surface area contributed by atoms with Gasteiger partial charge in [0.2, 0.25) is 0 Å². The Morgan fingerprint density at radius 1 is 1.25 bits per heavy atom. The molecular formula is C9H11ClO2. The van der Waals surface area contributed by atoms with Crippen molar-refractivity contribution in [3.63, 3.8) is 0 Å². The van der Waals surface area contributed by atoms with Crippen molar-refractivity contribution in [1.29, 1.82) is 0 Å². The summed E-state index contributed by atoms with van der Waals surface area (Å²) in [7, 11) is 0. The van der Waals surface area contributed by atoms with Crippen LogP contribution in [0.2, 0.25) is 0 Å². The third kappa shape index (κ3) is 1.78. The molecule has 1 aromatic carbocycles. The van der Waals surface area contributed by atoms with E-state index in [9.17, 15) is 5.11 Å². The van der Waals surface area contributed by atoms with E-state index in [0.717, 1.165) is 0 Å². The molecule has 1 aromatic rings. The Bertz CT molecular complexity index is 232. The molecule has 3 heteroatoms. The van der Waals surface area contributed by atoms with Crippen LogP contribution in [-0.4, -0.2) is 22.7 Å². The zero-order valence-corrected chi connectivity index (χ0v) is 7.33. The standard InChI is InChI=1S/C9H11ClO2/c10-6-9(12,7-11)8-4-2-1-3-5-8/h1-5,11-12H,6-7H2/t9-/m1/s1. The molecule has 0 aliphatic heterocycles. The van der Waals surface area contributed by atoms with Gasteiger partial charge in [-0.3, -0.25) is 0 Å². The lowest BCUT2D eigenvalue weighted by atomic mass is 9.97. The highest BCUT2D eigenvalue weighted by Gasteiger charge is 2.26. The SMILES string of the molecule is OC[C@](O)(CCl)c1ccccc1. The molecule has 0 unspecified atom stereocenters. The smallest absolute Gasteiger partial charge is 0.126 e. The first-order chi connectivity index (χ1) is 5.73. The van der Waals surface area contributed by atoms with Gasteiger partial charge in [0.05, 0.1) is 12.5 Å². The summed E-state index contributed by atoms with van der Waals surface area (Å²) in [4.78, 5) is 0. The topological polar surface area (TPSA) is 40.5 Å². The van der Waals surface area contributed by atoms with E-state index in [-0.39, 0.29) is 12.5 Å². The van der Waals surface area contributed by atoms with Crippen LogP contribution in [0.5, 0.6) is 0 Å². The van der Waals surface area contributed by atoms with Crippen LogP contribution < -0.4 is 0 Å². The zero-order valence-electron chi connectivity index (χ0n) is 6.57. The number of halogens is 1. The molecule has 0 saturated carbocycles. The van der Waals surface area contributed by atoms with Gasteiger partial charge in [0, 0.05) is 0 Å². The highest BCUT2D eigenvalue weighted by molar-refractivity contribution is 6.18. The van der Waals surface area contributed by atoms with Crippen LogP contribution in [0.3, 0.4) is 0 Å². The van der Waals surface area contributed by atoms with Gasteiger partial charge in [-0.1, -0.05) is 30.3 Å². The maximum absolute atomic E-state index is 9.72. The van der Waals surface area contributed by atoms with Crippen molar-refractivity contribution in [1.82, 2.24) is 0 Å². The van der Waals surface area contributed by atoms with Gasteiger partial charge < -0.3 is 10.2 Å². The molecule has 0 aliphatic carbocycles. The number of aliphatic hydroxyl groups is 2. The Kier molecular flexibility index (Phi) is 3.09. The van der Waals surface area contributed by atoms with Crippen molar-refractivity contribution in [2.45, 2.75) is 5.60 Å². The first kappa shape index (κ1) is 9.52. The van der Waals surface area contributed by atoms with Crippen LogP contribution in [0, 0.1) is 0 Å². The van der Waals surface area contributed by atoms with Crippen LogP contribution in [0.4, 0.5) is 0 Å². The van der Waals surface area contributed by atoms with Gasteiger partial charge in [-0.25, -0.2) is 0 Å². The summed E-state index contributed by atoms with van der Waals surface area (Å²) in [5.74, 6) is -0.00644. The number of aliphatic hydroxyl groups excluding tert-OH is 1. The fraction of sp³-hybridized carbons (Fsp3) is 0.333. The molecule has 0 heterocycles. The Morgan fingerprint density at radius 2 is 1.83 bits per heavy atom. The zero-order chi connectivity index (χ0) is 9.03. The fourth-order valence-corrected chi connectivity index (χ4v) is 1.20. The number of benzene rings is 1. The van der Waals surface area contributed by atoms with Crippen LogP contribution >= 0.6 is 11.6 Å². The van der Waals surface area contributed by atoms with Crippen LogP contribution in [0.25, 0.3) is 0 Å². The molecule has 2 N–H and O–H groups in total. The van der Waals surface area contributed by atoms with E-state index in [2.05, 4.69) is 0 Å². The monoisotopic (exact) mass is 186 g/mol. The lowest BCUT2D eigenvalue weighted by Gasteiger charge is -2.23. The molecule has 0 saturated heterocycles. The van der Waals surface area contributed by atoms with Crippen molar-refractivity contribution >= 4 is 11.6 Å². The summed E-state index contributed by atoms with van der Waals surface area (Å²) in [5.41, 5.74) is -0.662. The number of rotatable bonds is 3. The minimum atomic E-state index is -1.30. The van der Waals surface area contributed by atoms with Gasteiger partial charge in [0.15, 0.2) is 0 Å². The summed E-state index contributed by atoms with van der Waals surface area (Å²) in [6, 6.07) is 8.90. The van der Waals surface area contributed by atoms with Crippen molar-refractivity contribution in [2.24, 2.45) is 0 Å². The molecule has 1 rings (SSSR count). The van der Waals surface area contributed by atoms with Crippen LogP contribution in [0.15, 0.2) is 30.3 Å².